The monoisotopic (exact) mass is 292 g/mol. The van der Waals surface area contributed by atoms with Gasteiger partial charge in [0.15, 0.2) is 0 Å². The molecule has 0 aromatic carbocycles. The fraction of sp³-hybridized carbons (Fsp3) is 0.500. The number of hydrogen-bond donors (Lipinski definition) is 2. The van der Waals surface area contributed by atoms with Crippen LogP contribution in [-0.2, 0) is 9.59 Å². The van der Waals surface area contributed by atoms with E-state index in [1.807, 2.05) is 6.07 Å². The Morgan fingerprint density at radius 3 is 2.62 bits per heavy atom. The number of carboxylic acid groups (broad SMARTS) is 1. The number of quaternary nitrogens is 1. The van der Waals surface area contributed by atoms with Crippen LogP contribution in [0.4, 0.5) is 11.5 Å². The minimum atomic E-state index is -1.23. The first-order valence-electron chi connectivity index (χ1n) is 7.06. The van der Waals surface area contributed by atoms with Gasteiger partial charge < -0.3 is 25.0 Å². The van der Waals surface area contributed by atoms with Crippen LogP contribution in [0.3, 0.4) is 0 Å². The summed E-state index contributed by atoms with van der Waals surface area (Å²) in [4.78, 5) is 29.9. The van der Waals surface area contributed by atoms with Gasteiger partial charge in [0.05, 0.1) is 45.1 Å². The number of piperazine rings is 1. The van der Waals surface area contributed by atoms with Gasteiger partial charge in [0.2, 0.25) is 5.91 Å². The Bertz CT molecular complexity index is 495. The summed E-state index contributed by atoms with van der Waals surface area (Å²) in [6.45, 7) is 4.11. The highest BCUT2D eigenvalue weighted by Gasteiger charge is 2.17. The van der Waals surface area contributed by atoms with Gasteiger partial charge in [0.25, 0.3) is 0 Å². The molecule has 1 saturated heterocycles. The summed E-state index contributed by atoms with van der Waals surface area (Å²) in [5, 5.41) is 12.9. The van der Waals surface area contributed by atoms with E-state index in [9.17, 15) is 14.7 Å². The second kappa shape index (κ2) is 7.03. The molecule has 1 aromatic rings. The van der Waals surface area contributed by atoms with Crippen LogP contribution in [0.2, 0.25) is 0 Å². The number of carboxylic acids is 1. The van der Waals surface area contributed by atoms with Crippen molar-refractivity contribution in [3.63, 3.8) is 0 Å². The fourth-order valence-electron chi connectivity index (χ4n) is 2.20. The van der Waals surface area contributed by atoms with E-state index in [0.717, 1.165) is 32.0 Å². The number of aromatic nitrogens is 1. The van der Waals surface area contributed by atoms with E-state index in [2.05, 4.69) is 22.2 Å². The lowest BCUT2D eigenvalue weighted by atomic mass is 10.3. The zero-order valence-corrected chi connectivity index (χ0v) is 12.1. The van der Waals surface area contributed by atoms with Gasteiger partial charge in [-0.2, -0.15) is 0 Å². The minimum absolute atomic E-state index is 0.0919. The van der Waals surface area contributed by atoms with Gasteiger partial charge in [0.1, 0.15) is 5.82 Å². The number of aliphatic carboxylic acids is 1. The lowest BCUT2D eigenvalue weighted by Crippen LogP contribution is -3.12. The van der Waals surface area contributed by atoms with Crippen LogP contribution >= 0.6 is 0 Å². The molecule has 0 unspecified atom stereocenters. The molecule has 1 fully saturated rings. The van der Waals surface area contributed by atoms with Crippen molar-refractivity contribution in [2.24, 2.45) is 0 Å². The highest BCUT2D eigenvalue weighted by Crippen LogP contribution is 2.14. The van der Waals surface area contributed by atoms with Crippen LogP contribution in [0, 0.1) is 0 Å². The Labute approximate surface area is 123 Å². The number of rotatable bonds is 5. The van der Waals surface area contributed by atoms with Crippen LogP contribution < -0.4 is 20.2 Å². The van der Waals surface area contributed by atoms with Gasteiger partial charge in [-0.25, -0.2) is 4.98 Å². The molecule has 2 rings (SSSR count). The molecule has 0 spiro atoms. The van der Waals surface area contributed by atoms with Gasteiger partial charge in [-0.1, -0.05) is 0 Å². The molecule has 2 N–H and O–H groups in total. The van der Waals surface area contributed by atoms with Crippen molar-refractivity contribution >= 4 is 23.4 Å². The molecule has 1 aromatic heterocycles. The first-order valence-corrected chi connectivity index (χ1v) is 7.06. The molecule has 2 heterocycles. The van der Waals surface area contributed by atoms with Crippen molar-refractivity contribution < 1.29 is 19.6 Å². The second-order valence-corrected chi connectivity index (χ2v) is 5.27. The van der Waals surface area contributed by atoms with Gasteiger partial charge in [-0.3, -0.25) is 4.79 Å². The normalized spacial score (nSPS) is 15.8. The summed E-state index contributed by atoms with van der Waals surface area (Å²) in [5.74, 6) is -0.678. The molecular weight excluding hydrogens is 272 g/mol. The molecule has 0 bridgehead atoms. The molecule has 0 atom stereocenters. The number of anilines is 2. The van der Waals surface area contributed by atoms with E-state index in [0.29, 0.717) is 5.69 Å². The lowest BCUT2D eigenvalue weighted by Gasteiger charge is -2.30. The highest BCUT2D eigenvalue weighted by atomic mass is 16.4. The molecule has 21 heavy (non-hydrogen) atoms. The Morgan fingerprint density at radius 2 is 2.05 bits per heavy atom. The lowest BCUT2D eigenvalue weighted by molar-refractivity contribution is -0.880. The average Bonchev–Trinajstić information content (AvgIpc) is 2.47. The fourth-order valence-corrected chi connectivity index (χ4v) is 2.20. The van der Waals surface area contributed by atoms with Crippen molar-refractivity contribution in [2.75, 3.05) is 43.4 Å². The maximum absolute atomic E-state index is 11.5. The molecule has 1 aliphatic rings. The Balaban J connectivity index is 1.87. The third kappa shape index (κ3) is 4.71. The van der Waals surface area contributed by atoms with Crippen molar-refractivity contribution in [1.82, 2.24) is 4.98 Å². The summed E-state index contributed by atoms with van der Waals surface area (Å²) in [6, 6.07) is 3.65. The number of pyridine rings is 1. The SMILES string of the molecule is C[NH+]1CCN(c2ccc(NC(=O)CCC(=O)[O-])cn2)CC1. The van der Waals surface area contributed by atoms with Gasteiger partial charge in [0, 0.05) is 12.4 Å². The summed E-state index contributed by atoms with van der Waals surface area (Å²) in [6.07, 6.45) is 1.23. The van der Waals surface area contributed by atoms with E-state index in [1.54, 1.807) is 12.3 Å². The zero-order valence-electron chi connectivity index (χ0n) is 12.1. The summed E-state index contributed by atoms with van der Waals surface area (Å²) >= 11 is 0. The van der Waals surface area contributed by atoms with E-state index in [-0.39, 0.29) is 18.7 Å². The first-order chi connectivity index (χ1) is 10.0. The van der Waals surface area contributed by atoms with Gasteiger partial charge >= 0.3 is 0 Å². The molecular formula is C14H20N4O3. The Hall–Kier alpha value is -2.15. The van der Waals surface area contributed by atoms with E-state index in [1.165, 1.54) is 4.90 Å². The summed E-state index contributed by atoms with van der Waals surface area (Å²) < 4.78 is 0. The molecule has 7 nitrogen and oxygen atoms in total. The first kappa shape index (κ1) is 15.2. The average molecular weight is 292 g/mol. The van der Waals surface area contributed by atoms with E-state index in [4.69, 9.17) is 0 Å². The standard InChI is InChI=1S/C14H20N4O3/c1-17-6-8-18(9-7-17)12-3-2-11(10-15-12)16-13(19)4-5-14(20)21/h2-3,10H,4-9H2,1H3,(H,16,19)(H,20,21). The molecule has 1 amide bonds. The maximum Gasteiger partial charge on any atom is 0.224 e. The Morgan fingerprint density at radius 1 is 1.33 bits per heavy atom. The van der Waals surface area contributed by atoms with Crippen molar-refractivity contribution in [1.29, 1.82) is 0 Å². The number of carbonyl (C=O) groups excluding carboxylic acids is 2. The zero-order chi connectivity index (χ0) is 15.2. The van der Waals surface area contributed by atoms with Crippen molar-refractivity contribution in [3.8, 4) is 0 Å². The second-order valence-electron chi connectivity index (χ2n) is 5.27. The molecule has 1 aliphatic heterocycles. The Kier molecular flexibility index (Phi) is 5.10. The maximum atomic E-state index is 11.5. The molecule has 0 aliphatic carbocycles. The molecule has 7 heteroatoms. The minimum Gasteiger partial charge on any atom is -0.550 e. The quantitative estimate of drug-likeness (QED) is 0.648. The van der Waals surface area contributed by atoms with Gasteiger partial charge in [-0.05, 0) is 18.6 Å². The van der Waals surface area contributed by atoms with Crippen molar-refractivity contribution in [2.45, 2.75) is 12.8 Å². The van der Waals surface area contributed by atoms with Crippen LogP contribution in [0.5, 0.6) is 0 Å². The summed E-state index contributed by atoms with van der Waals surface area (Å²) in [5.41, 5.74) is 0.571. The predicted molar refractivity (Wildman–Crippen MR) is 75.9 cm³/mol. The molecule has 114 valence electrons. The highest BCUT2D eigenvalue weighted by molar-refractivity contribution is 5.92. The summed E-state index contributed by atoms with van der Waals surface area (Å²) in [7, 11) is 2.18. The number of carbonyl (C=O) groups is 2. The van der Waals surface area contributed by atoms with Crippen LogP contribution in [0.15, 0.2) is 18.3 Å². The third-order valence-electron chi connectivity index (χ3n) is 3.53. The smallest absolute Gasteiger partial charge is 0.224 e. The van der Waals surface area contributed by atoms with Crippen LogP contribution in [-0.4, -0.2) is 50.1 Å². The van der Waals surface area contributed by atoms with Crippen molar-refractivity contribution in [3.05, 3.63) is 18.3 Å². The third-order valence-corrected chi connectivity index (χ3v) is 3.53. The van der Waals surface area contributed by atoms with E-state index < -0.39 is 5.97 Å². The number of hydrogen-bond acceptors (Lipinski definition) is 5. The van der Waals surface area contributed by atoms with E-state index >= 15 is 0 Å². The van der Waals surface area contributed by atoms with Crippen LogP contribution in [0.1, 0.15) is 12.8 Å². The topological polar surface area (TPSA) is 89.8 Å². The number of likely N-dealkylation sites (N-methyl/N-ethyl adjacent to an activating group) is 1. The predicted octanol–water partition coefficient (Wildman–Crippen LogP) is -2.12. The molecule has 0 saturated carbocycles. The number of nitrogens with zero attached hydrogens (tertiary/aromatic N) is 2. The van der Waals surface area contributed by atoms with Gasteiger partial charge in [-0.15, -0.1) is 0 Å². The number of nitrogens with one attached hydrogen (secondary N) is 2. The number of amides is 1. The van der Waals surface area contributed by atoms with Crippen LogP contribution in [0.25, 0.3) is 0 Å². The largest absolute Gasteiger partial charge is 0.550 e. The molecule has 0 radical (unpaired) electrons.